The van der Waals surface area contributed by atoms with Crippen LogP contribution in [0.3, 0.4) is 0 Å². The molecule has 4 rings (SSSR count). The largest absolute Gasteiger partial charge is 0.417 e. The molecule has 0 saturated carbocycles. The molecule has 7 nitrogen and oxygen atoms in total. The lowest BCUT2D eigenvalue weighted by atomic mass is 9.85. The molecule has 0 aromatic heterocycles. The molecule has 168 valence electrons. The van der Waals surface area contributed by atoms with Crippen LogP contribution in [0.1, 0.15) is 18.4 Å². The lowest BCUT2D eigenvalue weighted by Crippen LogP contribution is -2.52. The molecule has 11 heteroatoms. The maximum absolute atomic E-state index is 13.3. The van der Waals surface area contributed by atoms with E-state index < -0.39 is 26.7 Å². The number of amides is 2. The Morgan fingerprint density at radius 2 is 1.45 bits per heavy atom. The van der Waals surface area contributed by atoms with E-state index in [4.69, 9.17) is 0 Å². The average Bonchev–Trinajstić information content (AvgIpc) is 2.99. The number of allylic oxidation sites excluding steroid dienone is 2. The molecular formula is C20H22F3N3O4S. The van der Waals surface area contributed by atoms with Crippen LogP contribution in [0, 0.1) is 11.8 Å². The normalized spacial score (nSPS) is 25.8. The van der Waals surface area contributed by atoms with Gasteiger partial charge in [-0.25, -0.2) is 8.42 Å². The molecule has 2 aliphatic heterocycles. The number of nitrogens with zero attached hydrogens (tertiary/aromatic N) is 3. The van der Waals surface area contributed by atoms with Crippen molar-refractivity contribution in [3.05, 3.63) is 42.0 Å². The Hall–Kier alpha value is -2.24. The summed E-state index contributed by atoms with van der Waals surface area (Å²) in [7, 11) is -4.33. The third-order valence-electron chi connectivity index (χ3n) is 6.08. The van der Waals surface area contributed by atoms with Crippen molar-refractivity contribution in [1.82, 2.24) is 14.1 Å². The van der Waals surface area contributed by atoms with Crippen molar-refractivity contribution in [1.29, 1.82) is 0 Å². The molecule has 0 N–H and O–H groups in total. The molecule has 2 amide bonds. The predicted molar refractivity (Wildman–Crippen MR) is 104 cm³/mol. The molecule has 2 heterocycles. The van der Waals surface area contributed by atoms with Crippen molar-refractivity contribution >= 4 is 21.8 Å². The monoisotopic (exact) mass is 457 g/mol. The fourth-order valence-corrected chi connectivity index (χ4v) is 6.02. The van der Waals surface area contributed by atoms with Crippen LogP contribution in [0.4, 0.5) is 13.2 Å². The third-order valence-corrected chi connectivity index (χ3v) is 8.04. The summed E-state index contributed by atoms with van der Waals surface area (Å²) in [6.45, 7) is 0.423. The summed E-state index contributed by atoms with van der Waals surface area (Å²) in [6.07, 6.45) is 0.0941. The smallest absolute Gasteiger partial charge is 0.283 e. The van der Waals surface area contributed by atoms with Gasteiger partial charge in [0.15, 0.2) is 0 Å². The summed E-state index contributed by atoms with van der Waals surface area (Å²) in [5, 5.41) is 0. The summed E-state index contributed by atoms with van der Waals surface area (Å²) in [4.78, 5) is 27.4. The van der Waals surface area contributed by atoms with Gasteiger partial charge >= 0.3 is 6.18 Å². The van der Waals surface area contributed by atoms with Crippen LogP contribution in [-0.2, 0) is 25.8 Å². The quantitative estimate of drug-likeness (QED) is 0.510. The van der Waals surface area contributed by atoms with E-state index in [-0.39, 0.29) is 56.5 Å². The second kappa shape index (κ2) is 8.03. The molecule has 31 heavy (non-hydrogen) atoms. The van der Waals surface area contributed by atoms with Gasteiger partial charge in [-0.15, -0.1) is 0 Å². The minimum absolute atomic E-state index is 0.0286. The molecule has 1 aliphatic carbocycles. The van der Waals surface area contributed by atoms with Crippen molar-refractivity contribution in [3.8, 4) is 0 Å². The topological polar surface area (TPSA) is 78.0 Å². The van der Waals surface area contributed by atoms with E-state index >= 15 is 0 Å². The highest BCUT2D eigenvalue weighted by Crippen LogP contribution is 2.36. The molecule has 0 radical (unpaired) electrons. The van der Waals surface area contributed by atoms with Crippen molar-refractivity contribution < 1.29 is 31.2 Å². The van der Waals surface area contributed by atoms with Crippen LogP contribution < -0.4 is 0 Å². The molecule has 1 aromatic rings. The number of halogens is 3. The number of fused-ring (bicyclic) bond motifs is 1. The standard InChI is InChI=1S/C20H22F3N3O4S/c21-20(22,23)16-7-3-4-8-17(16)31(29,30)25-11-9-24(10-12-25)13-26-18(27)14-5-1-2-6-15(14)19(26)28/h1-4,7-8,14-15H,5-6,9-13H2/t14-,15+. The average molecular weight is 457 g/mol. The Morgan fingerprint density at radius 3 is 2.00 bits per heavy atom. The highest BCUT2D eigenvalue weighted by molar-refractivity contribution is 7.89. The summed E-state index contributed by atoms with van der Waals surface area (Å²) >= 11 is 0. The van der Waals surface area contributed by atoms with Gasteiger partial charge in [-0.05, 0) is 25.0 Å². The van der Waals surface area contributed by atoms with Crippen LogP contribution in [0.25, 0.3) is 0 Å². The Labute approximate surface area is 178 Å². The third kappa shape index (κ3) is 4.01. The van der Waals surface area contributed by atoms with Gasteiger partial charge < -0.3 is 0 Å². The van der Waals surface area contributed by atoms with Gasteiger partial charge in [-0.1, -0.05) is 24.3 Å². The van der Waals surface area contributed by atoms with E-state index in [0.29, 0.717) is 12.8 Å². The Balaban J connectivity index is 1.43. The van der Waals surface area contributed by atoms with Gasteiger partial charge in [-0.3, -0.25) is 19.4 Å². The number of imide groups is 1. The zero-order chi connectivity index (χ0) is 22.4. The fourth-order valence-electron chi connectivity index (χ4n) is 4.38. The number of likely N-dealkylation sites (tertiary alicyclic amines) is 1. The molecule has 2 fully saturated rings. The van der Waals surface area contributed by atoms with E-state index in [1.165, 1.54) is 11.0 Å². The van der Waals surface area contributed by atoms with Gasteiger partial charge in [0.1, 0.15) is 0 Å². The number of sulfonamides is 1. The minimum Gasteiger partial charge on any atom is -0.283 e. The van der Waals surface area contributed by atoms with Crippen molar-refractivity contribution in [2.45, 2.75) is 23.9 Å². The number of alkyl halides is 3. The summed E-state index contributed by atoms with van der Waals surface area (Å²) < 4.78 is 66.6. The van der Waals surface area contributed by atoms with Gasteiger partial charge in [0.25, 0.3) is 0 Å². The van der Waals surface area contributed by atoms with Crippen molar-refractivity contribution in [2.24, 2.45) is 11.8 Å². The first-order chi connectivity index (χ1) is 14.6. The zero-order valence-electron chi connectivity index (χ0n) is 16.6. The van der Waals surface area contributed by atoms with E-state index in [1.54, 1.807) is 4.90 Å². The Bertz CT molecular complexity index is 991. The first kappa shape index (κ1) is 22.0. The number of hydrogen-bond acceptors (Lipinski definition) is 5. The van der Waals surface area contributed by atoms with Crippen LogP contribution in [0.2, 0.25) is 0 Å². The highest BCUT2D eigenvalue weighted by Gasteiger charge is 2.48. The summed E-state index contributed by atoms with van der Waals surface area (Å²) in [5.41, 5.74) is -1.19. The molecule has 0 spiro atoms. The number of carbonyl (C=O) groups is 2. The maximum atomic E-state index is 13.3. The van der Waals surface area contributed by atoms with Gasteiger partial charge in [0.2, 0.25) is 21.8 Å². The minimum atomic E-state index is -4.78. The molecule has 2 atom stereocenters. The van der Waals surface area contributed by atoms with Gasteiger partial charge in [-0.2, -0.15) is 17.5 Å². The lowest BCUT2D eigenvalue weighted by Gasteiger charge is -2.35. The van der Waals surface area contributed by atoms with Gasteiger partial charge in [0, 0.05) is 26.2 Å². The number of piperazine rings is 1. The molecule has 3 aliphatic rings. The van der Waals surface area contributed by atoms with Crippen molar-refractivity contribution in [2.75, 3.05) is 32.8 Å². The van der Waals surface area contributed by atoms with Crippen molar-refractivity contribution in [3.63, 3.8) is 0 Å². The molecule has 0 unspecified atom stereocenters. The molecule has 1 aromatic carbocycles. The second-order valence-corrected chi connectivity index (χ2v) is 9.82. The van der Waals surface area contributed by atoms with E-state index in [2.05, 4.69) is 0 Å². The summed E-state index contributed by atoms with van der Waals surface area (Å²) in [5.74, 6) is -1.10. The molecule has 0 bridgehead atoms. The molecular weight excluding hydrogens is 435 g/mol. The van der Waals surface area contributed by atoms with Gasteiger partial charge in [0.05, 0.1) is 29.0 Å². The number of hydrogen-bond donors (Lipinski definition) is 0. The molecule has 2 saturated heterocycles. The number of benzene rings is 1. The maximum Gasteiger partial charge on any atom is 0.417 e. The van der Waals surface area contributed by atoms with E-state index in [1.807, 2.05) is 12.2 Å². The van der Waals surface area contributed by atoms with E-state index in [0.717, 1.165) is 22.5 Å². The Morgan fingerprint density at radius 1 is 0.903 bits per heavy atom. The zero-order valence-corrected chi connectivity index (χ0v) is 17.4. The first-order valence-electron chi connectivity index (χ1n) is 9.99. The lowest BCUT2D eigenvalue weighted by molar-refractivity contribution is -0.143. The highest BCUT2D eigenvalue weighted by atomic mass is 32.2. The second-order valence-electron chi connectivity index (χ2n) is 7.92. The fraction of sp³-hybridized carbons (Fsp3) is 0.500. The van der Waals surface area contributed by atoms with Crippen LogP contribution in [-0.4, -0.2) is 67.2 Å². The van der Waals surface area contributed by atoms with Crippen LogP contribution in [0.15, 0.2) is 41.3 Å². The number of carbonyl (C=O) groups excluding carboxylic acids is 2. The number of rotatable bonds is 4. The van der Waals surface area contributed by atoms with Crippen LogP contribution in [0.5, 0.6) is 0 Å². The van der Waals surface area contributed by atoms with E-state index in [9.17, 15) is 31.2 Å². The summed E-state index contributed by atoms with van der Waals surface area (Å²) in [6, 6.07) is 4.12. The first-order valence-corrected chi connectivity index (χ1v) is 11.4. The Kier molecular flexibility index (Phi) is 5.69. The van der Waals surface area contributed by atoms with Crippen LogP contribution >= 0.6 is 0 Å². The SMILES string of the molecule is O=C1[C@H]2CC=CC[C@H]2C(=O)N1CN1CCN(S(=O)(=O)c2ccccc2C(F)(F)F)CC1. The predicted octanol–water partition coefficient (Wildman–Crippen LogP) is 1.92.